The quantitative estimate of drug-likeness (QED) is 0.591. The van der Waals surface area contributed by atoms with Gasteiger partial charge in [0.05, 0.1) is 19.5 Å². The molecule has 0 aliphatic heterocycles. The minimum Gasteiger partial charge on any atom is -0.351 e. The number of hydrogen-bond donors (Lipinski definition) is 2. The van der Waals surface area contributed by atoms with E-state index in [4.69, 9.17) is 0 Å². The monoisotopic (exact) mass is 308 g/mol. The van der Waals surface area contributed by atoms with E-state index in [0.717, 1.165) is 5.01 Å². The maximum atomic E-state index is 11.8. The Morgan fingerprint density at radius 2 is 2.29 bits per heavy atom. The maximum absolute atomic E-state index is 11.8. The van der Waals surface area contributed by atoms with Crippen molar-refractivity contribution in [1.29, 1.82) is 0 Å². The zero-order valence-electron chi connectivity index (χ0n) is 11.4. The molecule has 1 rings (SSSR count). The second kappa shape index (κ2) is 7.57. The van der Waals surface area contributed by atoms with Gasteiger partial charge in [-0.2, -0.15) is 0 Å². The van der Waals surface area contributed by atoms with Crippen molar-refractivity contribution in [2.24, 2.45) is 10.3 Å². The number of nitrogens with one attached hydrogen (secondary N) is 2. The Labute approximate surface area is 118 Å². The number of aromatic nitrogens is 2. The average molecular weight is 308 g/mol. The number of alkyl halides is 3. The third-order valence-corrected chi connectivity index (χ3v) is 2.16. The number of aromatic amines is 1. The number of imidazole rings is 1. The van der Waals surface area contributed by atoms with Gasteiger partial charge in [-0.25, -0.2) is 4.98 Å². The van der Waals surface area contributed by atoms with Gasteiger partial charge in [0.2, 0.25) is 5.82 Å². The van der Waals surface area contributed by atoms with Crippen LogP contribution in [-0.4, -0.2) is 54.0 Å². The first-order valence-corrected chi connectivity index (χ1v) is 5.98. The highest BCUT2D eigenvalue weighted by Gasteiger charge is 2.28. The van der Waals surface area contributed by atoms with E-state index in [-0.39, 0.29) is 18.1 Å². The van der Waals surface area contributed by atoms with Gasteiger partial charge in [0.25, 0.3) is 5.91 Å². The van der Waals surface area contributed by atoms with E-state index in [0.29, 0.717) is 6.54 Å². The molecule has 8 nitrogen and oxygen atoms in total. The predicted octanol–water partition coefficient (Wildman–Crippen LogP) is 1.63. The van der Waals surface area contributed by atoms with Crippen molar-refractivity contribution in [2.75, 3.05) is 26.7 Å². The highest BCUT2D eigenvalue weighted by atomic mass is 19.4. The average Bonchev–Trinajstić information content (AvgIpc) is 2.83. The van der Waals surface area contributed by atoms with Crippen LogP contribution in [0.1, 0.15) is 17.4 Å². The molecule has 0 aliphatic rings. The molecule has 0 bridgehead atoms. The molecule has 0 saturated carbocycles. The first-order chi connectivity index (χ1) is 9.83. The molecule has 0 fully saturated rings. The molecule has 1 heterocycles. The summed E-state index contributed by atoms with van der Waals surface area (Å²) in [5.41, 5.74) is 0.126. The molecule has 0 aliphatic carbocycles. The topological polar surface area (TPSA) is 95.0 Å². The molecule has 2 N–H and O–H groups in total. The Hall–Kier alpha value is -2.17. The van der Waals surface area contributed by atoms with Crippen molar-refractivity contribution >= 4 is 11.7 Å². The number of H-pyrrole nitrogens is 1. The number of hydrogen-bond acceptors (Lipinski definition) is 5. The zero-order chi connectivity index (χ0) is 15.9. The highest BCUT2D eigenvalue weighted by molar-refractivity contribution is 5.96. The Kier molecular flexibility index (Phi) is 6.09. The van der Waals surface area contributed by atoms with E-state index in [1.807, 2.05) is 0 Å². The second-order valence-corrected chi connectivity index (χ2v) is 3.83. The molecule has 1 amide bonds. The summed E-state index contributed by atoms with van der Waals surface area (Å²) in [6, 6.07) is 0. The molecular formula is C10H15F3N6O2. The van der Waals surface area contributed by atoms with E-state index in [9.17, 15) is 18.0 Å². The van der Waals surface area contributed by atoms with Crippen LogP contribution in [0.5, 0.6) is 0 Å². The maximum Gasteiger partial charge on any atom is 0.522 e. The fourth-order valence-electron chi connectivity index (χ4n) is 1.24. The van der Waals surface area contributed by atoms with E-state index in [1.54, 1.807) is 6.92 Å². The predicted molar refractivity (Wildman–Crippen MR) is 65.7 cm³/mol. The second-order valence-electron chi connectivity index (χ2n) is 3.83. The molecule has 1 aromatic heterocycles. The summed E-state index contributed by atoms with van der Waals surface area (Å²) in [5.74, 6) is -0.350. The number of ether oxygens (including phenoxy) is 1. The lowest BCUT2D eigenvalue weighted by atomic mass is 10.4. The van der Waals surface area contributed by atoms with Crippen LogP contribution in [-0.2, 0) is 4.74 Å². The van der Waals surface area contributed by atoms with Crippen LogP contribution in [0.4, 0.5) is 19.0 Å². The van der Waals surface area contributed by atoms with Gasteiger partial charge < -0.3 is 10.3 Å². The van der Waals surface area contributed by atoms with Crippen LogP contribution in [0.3, 0.4) is 0 Å². The summed E-state index contributed by atoms with van der Waals surface area (Å²) in [7, 11) is 1.42. The smallest absolute Gasteiger partial charge is 0.351 e. The lowest BCUT2D eigenvalue weighted by Gasteiger charge is -2.12. The van der Waals surface area contributed by atoms with Crippen molar-refractivity contribution in [3.8, 4) is 0 Å². The molecule has 0 radical (unpaired) electrons. The van der Waals surface area contributed by atoms with Crippen LogP contribution >= 0.6 is 0 Å². The Morgan fingerprint density at radius 1 is 1.57 bits per heavy atom. The van der Waals surface area contributed by atoms with Crippen LogP contribution in [0, 0.1) is 0 Å². The SMILES string of the molecule is CCNC(=O)c1[nH]cnc1/N=N/N(C)CCOC(F)(F)F. The third-order valence-electron chi connectivity index (χ3n) is 2.16. The minimum atomic E-state index is -4.68. The lowest BCUT2D eigenvalue weighted by Crippen LogP contribution is -2.23. The van der Waals surface area contributed by atoms with Crippen molar-refractivity contribution in [1.82, 2.24) is 20.3 Å². The van der Waals surface area contributed by atoms with Crippen molar-refractivity contribution in [2.45, 2.75) is 13.3 Å². The molecule has 0 aromatic carbocycles. The fraction of sp³-hybridized carbons (Fsp3) is 0.600. The standard InChI is InChI=1S/C10H15F3N6O2/c1-3-14-9(20)7-8(16-6-15-7)17-18-19(2)4-5-21-10(11,12)13/h6H,3-5H2,1-2H3,(H,14,20)(H,15,16)/b18-17+. The van der Waals surface area contributed by atoms with Gasteiger partial charge >= 0.3 is 6.36 Å². The molecular weight excluding hydrogens is 293 g/mol. The summed E-state index contributed by atoms with van der Waals surface area (Å²) < 4.78 is 38.9. The summed E-state index contributed by atoms with van der Waals surface area (Å²) in [4.78, 5) is 18.0. The summed E-state index contributed by atoms with van der Waals surface area (Å²) in [6.45, 7) is 1.49. The lowest BCUT2D eigenvalue weighted by molar-refractivity contribution is -0.324. The fourth-order valence-corrected chi connectivity index (χ4v) is 1.24. The molecule has 21 heavy (non-hydrogen) atoms. The van der Waals surface area contributed by atoms with Crippen LogP contribution < -0.4 is 5.32 Å². The first kappa shape index (κ1) is 16.9. The number of carbonyl (C=O) groups excluding carboxylic acids is 1. The zero-order valence-corrected chi connectivity index (χ0v) is 11.4. The van der Waals surface area contributed by atoms with Gasteiger partial charge in [0.15, 0.2) is 5.69 Å². The van der Waals surface area contributed by atoms with E-state index in [2.05, 4.69) is 30.4 Å². The Bertz CT molecular complexity index is 487. The number of halogens is 3. The van der Waals surface area contributed by atoms with Gasteiger partial charge in [0, 0.05) is 13.6 Å². The van der Waals surface area contributed by atoms with Gasteiger partial charge in [-0.1, -0.05) is 5.22 Å². The Balaban J connectivity index is 2.53. The van der Waals surface area contributed by atoms with Crippen LogP contribution in [0.15, 0.2) is 16.7 Å². The van der Waals surface area contributed by atoms with Gasteiger partial charge in [-0.15, -0.1) is 18.3 Å². The first-order valence-electron chi connectivity index (χ1n) is 5.98. The number of rotatable bonds is 7. The van der Waals surface area contributed by atoms with Crippen LogP contribution in [0.2, 0.25) is 0 Å². The Morgan fingerprint density at radius 3 is 2.90 bits per heavy atom. The number of nitrogens with zero attached hydrogens (tertiary/aromatic N) is 4. The number of amides is 1. The number of carbonyl (C=O) groups is 1. The highest BCUT2D eigenvalue weighted by Crippen LogP contribution is 2.16. The summed E-state index contributed by atoms with van der Waals surface area (Å²) in [5, 5.41) is 11.0. The molecule has 1 aromatic rings. The van der Waals surface area contributed by atoms with E-state index in [1.165, 1.54) is 13.4 Å². The molecule has 0 atom stereocenters. The minimum absolute atomic E-state index is 0.0459. The summed E-state index contributed by atoms with van der Waals surface area (Å²) in [6.07, 6.45) is -3.41. The van der Waals surface area contributed by atoms with Gasteiger partial charge in [0.1, 0.15) is 0 Å². The van der Waals surface area contributed by atoms with Gasteiger partial charge in [-0.05, 0) is 6.92 Å². The largest absolute Gasteiger partial charge is 0.522 e. The summed E-state index contributed by atoms with van der Waals surface area (Å²) >= 11 is 0. The van der Waals surface area contributed by atoms with Crippen molar-refractivity contribution in [3.63, 3.8) is 0 Å². The molecule has 11 heteroatoms. The number of likely N-dealkylation sites (N-methyl/N-ethyl adjacent to an activating group) is 1. The van der Waals surface area contributed by atoms with Gasteiger partial charge in [-0.3, -0.25) is 14.5 Å². The normalized spacial score (nSPS) is 11.9. The molecule has 118 valence electrons. The third kappa shape index (κ3) is 6.21. The van der Waals surface area contributed by atoms with E-state index < -0.39 is 18.9 Å². The van der Waals surface area contributed by atoms with Crippen molar-refractivity contribution < 1.29 is 22.7 Å². The molecule has 0 unspecified atom stereocenters. The van der Waals surface area contributed by atoms with Crippen LogP contribution in [0.25, 0.3) is 0 Å². The molecule has 0 spiro atoms. The van der Waals surface area contributed by atoms with Crippen molar-refractivity contribution in [3.05, 3.63) is 12.0 Å². The molecule has 0 saturated heterocycles. The van der Waals surface area contributed by atoms with E-state index >= 15 is 0 Å².